The van der Waals surface area contributed by atoms with Crippen LogP contribution in [0.1, 0.15) is 5.56 Å². The van der Waals surface area contributed by atoms with Gasteiger partial charge in [-0.15, -0.1) is 5.11 Å². The minimum Gasteiger partial charge on any atom is -0.378 e. The second kappa shape index (κ2) is 9.09. The molecule has 0 fully saturated rings. The van der Waals surface area contributed by atoms with Crippen molar-refractivity contribution in [1.29, 1.82) is 0 Å². The van der Waals surface area contributed by atoms with Crippen molar-refractivity contribution in [1.82, 2.24) is 26.1 Å². The maximum Gasteiger partial charge on any atom is 0.263 e. The zero-order chi connectivity index (χ0) is 21.5. The molecule has 15 heteroatoms. The Morgan fingerprint density at radius 3 is 2.40 bits per heavy atom. The summed E-state index contributed by atoms with van der Waals surface area (Å²) in [5, 5.41) is 26.3. The van der Waals surface area contributed by atoms with E-state index in [0.29, 0.717) is 0 Å². The Labute approximate surface area is 169 Å². The molecule has 1 amide bonds. The number of nitrogen functional groups attached to an aromatic ring is 2. The number of benzene rings is 1. The molecule has 0 atom stereocenters. The van der Waals surface area contributed by atoms with Gasteiger partial charge in [0.05, 0.1) is 6.21 Å². The van der Waals surface area contributed by atoms with Crippen molar-refractivity contribution in [2.75, 3.05) is 42.0 Å². The molecule has 0 aliphatic heterocycles. The number of anilines is 4. The lowest BCUT2D eigenvalue weighted by atomic mass is 10.2. The van der Waals surface area contributed by atoms with E-state index in [1.165, 1.54) is 6.21 Å². The third-order valence-corrected chi connectivity index (χ3v) is 3.59. The standard InChI is InChI=1S/C15H18N12O3/c1-26(2)10-5-3-9(4-6-10)7-18-19-11(28)8-27(15-13(17)22-30-24-15)25-20-14-12(16)21-29-23-14/h3-7H,8H2,1-2H3,(H2,16,21)(H2,17,22)(H,19,28)/b18-7+,25-20?. The third kappa shape index (κ3) is 5.03. The molecule has 2 heterocycles. The number of nitrogens with one attached hydrogen (secondary N) is 1. The molecule has 0 spiro atoms. The Balaban J connectivity index is 1.65. The monoisotopic (exact) mass is 414 g/mol. The maximum atomic E-state index is 12.3. The number of rotatable bonds is 8. The summed E-state index contributed by atoms with van der Waals surface area (Å²) in [6.07, 6.45) is 1.50. The van der Waals surface area contributed by atoms with Gasteiger partial charge >= 0.3 is 0 Å². The van der Waals surface area contributed by atoms with Crippen molar-refractivity contribution in [3.8, 4) is 0 Å². The van der Waals surface area contributed by atoms with Crippen molar-refractivity contribution < 1.29 is 14.1 Å². The average Bonchev–Trinajstić information content (AvgIpc) is 3.33. The normalized spacial score (nSPS) is 11.3. The molecule has 0 saturated heterocycles. The highest BCUT2D eigenvalue weighted by molar-refractivity contribution is 5.85. The first-order chi connectivity index (χ1) is 14.4. The fourth-order valence-electron chi connectivity index (χ4n) is 2.08. The average molecular weight is 414 g/mol. The van der Waals surface area contributed by atoms with Crippen LogP contribution in [0.3, 0.4) is 0 Å². The van der Waals surface area contributed by atoms with E-state index in [0.717, 1.165) is 16.3 Å². The van der Waals surface area contributed by atoms with Crippen LogP contribution in [0.25, 0.3) is 0 Å². The van der Waals surface area contributed by atoms with Gasteiger partial charge in [-0.1, -0.05) is 17.4 Å². The van der Waals surface area contributed by atoms with E-state index in [9.17, 15) is 4.79 Å². The minimum absolute atomic E-state index is 0.0350. The molecule has 0 unspecified atom stereocenters. The molecule has 0 bridgehead atoms. The molecule has 0 radical (unpaired) electrons. The molecule has 3 rings (SSSR count). The summed E-state index contributed by atoms with van der Waals surface area (Å²) >= 11 is 0. The first-order valence-electron chi connectivity index (χ1n) is 8.38. The summed E-state index contributed by atoms with van der Waals surface area (Å²) in [5.41, 5.74) is 15.4. The van der Waals surface area contributed by atoms with Gasteiger partial charge in [0.1, 0.15) is 6.54 Å². The van der Waals surface area contributed by atoms with Crippen LogP contribution in [0.2, 0.25) is 0 Å². The summed E-state index contributed by atoms with van der Waals surface area (Å²) < 4.78 is 8.95. The van der Waals surface area contributed by atoms with Crippen LogP contribution < -0.4 is 26.8 Å². The zero-order valence-corrected chi connectivity index (χ0v) is 16.0. The third-order valence-electron chi connectivity index (χ3n) is 3.59. The van der Waals surface area contributed by atoms with E-state index in [1.54, 1.807) is 0 Å². The van der Waals surface area contributed by atoms with E-state index in [-0.39, 0.29) is 29.8 Å². The highest BCUT2D eigenvalue weighted by Crippen LogP contribution is 2.21. The highest BCUT2D eigenvalue weighted by Gasteiger charge is 2.19. The number of carbonyl (C=O) groups excluding carboxylic acids is 1. The van der Waals surface area contributed by atoms with Gasteiger partial charge in [-0.3, -0.25) is 4.79 Å². The molecule has 0 saturated carbocycles. The predicted molar refractivity (Wildman–Crippen MR) is 106 cm³/mol. The Hall–Kier alpha value is -4.56. The van der Waals surface area contributed by atoms with Gasteiger partial charge in [0.15, 0.2) is 0 Å². The van der Waals surface area contributed by atoms with Gasteiger partial charge in [-0.2, -0.15) is 5.10 Å². The molecule has 15 nitrogen and oxygen atoms in total. The topological polar surface area (TPSA) is 203 Å². The molecule has 156 valence electrons. The second-order valence-electron chi connectivity index (χ2n) is 5.97. The SMILES string of the molecule is CN(C)c1ccc(/C=N/NC(=O)CN(N=Nc2nonc2N)c2nonc2N)cc1. The number of nitrogens with zero attached hydrogens (tertiary/aromatic N) is 9. The lowest BCUT2D eigenvalue weighted by Crippen LogP contribution is -2.32. The molecule has 30 heavy (non-hydrogen) atoms. The van der Waals surface area contributed by atoms with Crippen molar-refractivity contribution in [3.63, 3.8) is 0 Å². The Morgan fingerprint density at radius 2 is 1.80 bits per heavy atom. The van der Waals surface area contributed by atoms with Gasteiger partial charge < -0.3 is 16.4 Å². The summed E-state index contributed by atoms with van der Waals surface area (Å²) in [6, 6.07) is 7.58. The van der Waals surface area contributed by atoms with E-state index >= 15 is 0 Å². The van der Waals surface area contributed by atoms with Crippen molar-refractivity contribution >= 4 is 41.1 Å². The first-order valence-corrected chi connectivity index (χ1v) is 8.38. The van der Waals surface area contributed by atoms with E-state index < -0.39 is 5.91 Å². The number of amides is 1. The van der Waals surface area contributed by atoms with Crippen LogP contribution in [0.4, 0.5) is 29.0 Å². The molecule has 1 aromatic carbocycles. The summed E-state index contributed by atoms with van der Waals surface area (Å²) in [6.45, 7) is -0.357. The Kier molecular flexibility index (Phi) is 6.11. The van der Waals surface area contributed by atoms with Crippen LogP contribution in [0.5, 0.6) is 0 Å². The summed E-state index contributed by atoms with van der Waals surface area (Å²) in [4.78, 5) is 14.2. The van der Waals surface area contributed by atoms with Crippen LogP contribution >= 0.6 is 0 Å². The Bertz CT molecular complexity index is 1040. The zero-order valence-electron chi connectivity index (χ0n) is 16.0. The van der Waals surface area contributed by atoms with Gasteiger partial charge in [0.25, 0.3) is 11.7 Å². The number of aromatic nitrogens is 4. The number of hydrazone groups is 1. The van der Waals surface area contributed by atoms with E-state index in [4.69, 9.17) is 11.5 Å². The Morgan fingerprint density at radius 1 is 1.10 bits per heavy atom. The molecular formula is C15H18N12O3. The molecule has 2 aromatic heterocycles. The van der Waals surface area contributed by atoms with Gasteiger partial charge in [0.2, 0.25) is 17.5 Å². The number of carbonyl (C=O) groups is 1. The highest BCUT2D eigenvalue weighted by atomic mass is 16.6. The van der Waals surface area contributed by atoms with Crippen molar-refractivity contribution in [2.24, 2.45) is 15.4 Å². The maximum absolute atomic E-state index is 12.3. The summed E-state index contributed by atoms with van der Waals surface area (Å²) in [5.74, 6) is -0.845. The molecule has 0 aliphatic rings. The van der Waals surface area contributed by atoms with E-state index in [2.05, 4.69) is 50.7 Å². The van der Waals surface area contributed by atoms with Crippen LogP contribution in [0, 0.1) is 0 Å². The second-order valence-corrected chi connectivity index (χ2v) is 5.97. The fourth-order valence-corrected chi connectivity index (χ4v) is 2.08. The first kappa shape index (κ1) is 20.2. The van der Waals surface area contributed by atoms with E-state index in [1.807, 2.05) is 43.3 Å². The van der Waals surface area contributed by atoms with Gasteiger partial charge in [0, 0.05) is 19.8 Å². The van der Waals surface area contributed by atoms with Gasteiger partial charge in [-0.05, 0) is 38.3 Å². The number of hydrogen-bond acceptors (Lipinski definition) is 13. The van der Waals surface area contributed by atoms with Gasteiger partial charge in [-0.25, -0.2) is 19.7 Å². The van der Waals surface area contributed by atoms with Crippen molar-refractivity contribution in [2.45, 2.75) is 0 Å². The summed E-state index contributed by atoms with van der Waals surface area (Å²) in [7, 11) is 3.88. The number of hydrogen-bond donors (Lipinski definition) is 3. The molecule has 3 aromatic rings. The lowest BCUT2D eigenvalue weighted by molar-refractivity contribution is -0.119. The van der Waals surface area contributed by atoms with Crippen molar-refractivity contribution in [3.05, 3.63) is 29.8 Å². The van der Waals surface area contributed by atoms with Crippen LogP contribution in [-0.2, 0) is 4.79 Å². The molecule has 0 aliphatic carbocycles. The fraction of sp³-hybridized carbons (Fsp3) is 0.200. The van der Waals surface area contributed by atoms with Crippen LogP contribution in [-0.4, -0.2) is 53.4 Å². The quantitative estimate of drug-likeness (QED) is 0.260. The number of nitrogens with two attached hydrogens (primary N) is 2. The van der Waals surface area contributed by atoms with Crippen LogP contribution in [0.15, 0.2) is 49.0 Å². The molecule has 5 N–H and O–H groups in total. The molecular weight excluding hydrogens is 396 g/mol. The lowest BCUT2D eigenvalue weighted by Gasteiger charge is -2.12. The largest absolute Gasteiger partial charge is 0.378 e. The predicted octanol–water partition coefficient (Wildman–Crippen LogP) is 0.339. The minimum atomic E-state index is -0.538. The smallest absolute Gasteiger partial charge is 0.263 e.